The molecule has 6 heteroatoms. The molecule has 0 radical (unpaired) electrons. The molecule has 0 aromatic carbocycles. The molecule has 2 aliphatic rings. The highest BCUT2D eigenvalue weighted by Gasteiger charge is 2.40. The standard InChI is InChI=1S/C28H43NO5/c1-7-17(2)14-18(3)15-20(5)26-19(4)8-9-23(34-26)24-25(31)22(16-29(6)27(24)32)28(33)12-10-21(30)11-13-28/h15-19,23,26,31,33H,7-14H2,1-6H3/t17-,18+,19+,23-,26+/m0/s1. The van der Waals surface area contributed by atoms with Gasteiger partial charge in [-0.3, -0.25) is 9.59 Å². The predicted octanol–water partition coefficient (Wildman–Crippen LogP) is 5.30. The number of nitrogens with zero attached hydrogens (tertiary/aromatic N) is 1. The molecule has 1 saturated carbocycles. The van der Waals surface area contributed by atoms with Gasteiger partial charge in [-0.2, -0.15) is 0 Å². The van der Waals surface area contributed by atoms with Crippen molar-refractivity contribution in [2.75, 3.05) is 0 Å². The summed E-state index contributed by atoms with van der Waals surface area (Å²) >= 11 is 0. The van der Waals surface area contributed by atoms with Crippen LogP contribution in [0.5, 0.6) is 5.75 Å². The lowest BCUT2D eigenvalue weighted by Crippen LogP contribution is -2.37. The Balaban J connectivity index is 1.91. The molecule has 0 unspecified atom stereocenters. The van der Waals surface area contributed by atoms with Crippen molar-refractivity contribution < 1.29 is 19.7 Å². The molecule has 190 valence electrons. The number of aryl methyl sites for hydroxylation is 1. The van der Waals surface area contributed by atoms with Crippen molar-refractivity contribution >= 4 is 5.78 Å². The van der Waals surface area contributed by atoms with Gasteiger partial charge in [-0.15, -0.1) is 0 Å². The first kappa shape index (κ1) is 26.7. The molecule has 1 aliphatic carbocycles. The Morgan fingerprint density at radius 1 is 1.26 bits per heavy atom. The Kier molecular flexibility index (Phi) is 8.46. The van der Waals surface area contributed by atoms with E-state index in [1.807, 2.05) is 0 Å². The average molecular weight is 474 g/mol. The maximum absolute atomic E-state index is 13.1. The second-order valence-electron chi connectivity index (χ2n) is 11.0. The number of aromatic nitrogens is 1. The van der Waals surface area contributed by atoms with Gasteiger partial charge in [-0.05, 0) is 62.4 Å². The number of rotatable bonds is 7. The van der Waals surface area contributed by atoms with E-state index >= 15 is 0 Å². The van der Waals surface area contributed by atoms with E-state index in [0.717, 1.165) is 19.3 Å². The van der Waals surface area contributed by atoms with E-state index < -0.39 is 11.7 Å². The number of hydrogen-bond acceptors (Lipinski definition) is 5. The Morgan fingerprint density at radius 3 is 2.53 bits per heavy atom. The number of hydrogen-bond donors (Lipinski definition) is 2. The third-order valence-corrected chi connectivity index (χ3v) is 8.02. The van der Waals surface area contributed by atoms with Crippen LogP contribution < -0.4 is 5.56 Å². The zero-order valence-corrected chi connectivity index (χ0v) is 21.8. The Labute approximate surface area is 204 Å². The zero-order valence-electron chi connectivity index (χ0n) is 21.8. The van der Waals surface area contributed by atoms with Crippen LogP contribution >= 0.6 is 0 Å². The Bertz CT molecular complexity index is 968. The summed E-state index contributed by atoms with van der Waals surface area (Å²) in [6.45, 7) is 11.0. The van der Waals surface area contributed by atoms with Gasteiger partial charge in [0.05, 0.1) is 23.4 Å². The molecule has 1 aromatic rings. The summed E-state index contributed by atoms with van der Waals surface area (Å²) in [4.78, 5) is 24.9. The smallest absolute Gasteiger partial charge is 0.259 e. The summed E-state index contributed by atoms with van der Waals surface area (Å²) in [7, 11) is 1.64. The van der Waals surface area contributed by atoms with Crippen LogP contribution in [0.15, 0.2) is 22.6 Å². The van der Waals surface area contributed by atoms with Crippen LogP contribution in [0.4, 0.5) is 0 Å². The third-order valence-electron chi connectivity index (χ3n) is 8.02. The summed E-state index contributed by atoms with van der Waals surface area (Å²) in [5.41, 5.74) is 0.0977. The molecule has 1 aliphatic heterocycles. The van der Waals surface area contributed by atoms with Crippen molar-refractivity contribution in [2.45, 2.75) is 104 Å². The van der Waals surface area contributed by atoms with E-state index in [9.17, 15) is 19.8 Å². The number of ketones is 1. The fourth-order valence-electron chi connectivity index (χ4n) is 5.72. The third kappa shape index (κ3) is 5.65. The van der Waals surface area contributed by atoms with Gasteiger partial charge in [0.1, 0.15) is 11.5 Å². The molecule has 34 heavy (non-hydrogen) atoms. The van der Waals surface area contributed by atoms with Crippen LogP contribution in [0.2, 0.25) is 0 Å². The van der Waals surface area contributed by atoms with Crippen molar-refractivity contribution in [3.05, 3.63) is 39.3 Å². The minimum Gasteiger partial charge on any atom is -0.507 e. The minimum absolute atomic E-state index is 0.117. The number of carbonyl (C=O) groups excluding carboxylic acids is 1. The van der Waals surface area contributed by atoms with Crippen LogP contribution in [-0.4, -0.2) is 26.7 Å². The van der Waals surface area contributed by atoms with Crippen molar-refractivity contribution in [1.29, 1.82) is 0 Å². The van der Waals surface area contributed by atoms with Gasteiger partial charge in [0.15, 0.2) is 0 Å². The van der Waals surface area contributed by atoms with Crippen molar-refractivity contribution in [3.63, 3.8) is 0 Å². The molecule has 0 amide bonds. The first-order valence-electron chi connectivity index (χ1n) is 13.0. The van der Waals surface area contributed by atoms with Gasteiger partial charge in [-0.25, -0.2) is 0 Å². The van der Waals surface area contributed by atoms with E-state index in [1.54, 1.807) is 7.05 Å². The molecule has 1 aromatic heterocycles. The molecule has 2 fully saturated rings. The van der Waals surface area contributed by atoms with E-state index in [2.05, 4.69) is 40.7 Å². The molecule has 6 nitrogen and oxygen atoms in total. The molecular formula is C28H43NO5. The summed E-state index contributed by atoms with van der Waals surface area (Å²) in [5.74, 6) is 1.36. The SMILES string of the molecule is CC[C@H](C)C[C@@H](C)C=C(C)[C@@H]1O[C@H](c2c(O)c(C3(O)CCC(=O)CC3)cn(C)c2=O)CC[C@H]1C. The summed E-state index contributed by atoms with van der Waals surface area (Å²) in [6.07, 6.45) is 7.99. The summed E-state index contributed by atoms with van der Waals surface area (Å²) in [6, 6.07) is 0. The topological polar surface area (TPSA) is 88.8 Å². The van der Waals surface area contributed by atoms with Gasteiger partial charge in [0.2, 0.25) is 0 Å². The molecule has 5 atom stereocenters. The lowest BCUT2D eigenvalue weighted by molar-refractivity contribution is -0.125. The van der Waals surface area contributed by atoms with Crippen molar-refractivity contribution in [3.8, 4) is 5.75 Å². The Morgan fingerprint density at radius 2 is 1.91 bits per heavy atom. The quantitative estimate of drug-likeness (QED) is 0.525. The first-order chi connectivity index (χ1) is 16.0. The van der Waals surface area contributed by atoms with Crippen molar-refractivity contribution in [2.24, 2.45) is 24.8 Å². The van der Waals surface area contributed by atoms with Crippen LogP contribution in [-0.2, 0) is 22.2 Å². The van der Waals surface area contributed by atoms with Gasteiger partial charge in [0.25, 0.3) is 5.56 Å². The van der Waals surface area contributed by atoms with Crippen molar-refractivity contribution in [1.82, 2.24) is 4.57 Å². The molecule has 0 spiro atoms. The molecule has 1 saturated heterocycles. The second-order valence-corrected chi connectivity index (χ2v) is 11.0. The second kappa shape index (κ2) is 10.8. The van der Waals surface area contributed by atoms with E-state index in [-0.39, 0.29) is 54.4 Å². The molecule has 3 rings (SSSR count). The van der Waals surface area contributed by atoms with Crippen LogP contribution in [0.25, 0.3) is 0 Å². The maximum atomic E-state index is 13.1. The number of carbonyl (C=O) groups is 1. The van der Waals surface area contributed by atoms with Gasteiger partial charge < -0.3 is 19.5 Å². The maximum Gasteiger partial charge on any atom is 0.259 e. The Hall–Kier alpha value is -1.92. The summed E-state index contributed by atoms with van der Waals surface area (Å²) < 4.78 is 7.93. The number of ether oxygens (including phenoxy) is 1. The van der Waals surface area contributed by atoms with E-state index in [1.165, 1.54) is 16.3 Å². The van der Waals surface area contributed by atoms with Crippen LogP contribution in [0.3, 0.4) is 0 Å². The van der Waals surface area contributed by atoms with Gasteiger partial charge in [0, 0.05) is 31.6 Å². The minimum atomic E-state index is -1.32. The first-order valence-corrected chi connectivity index (χ1v) is 13.0. The number of Topliss-reactive ketones (excluding diaryl/α,β-unsaturated/α-hetero) is 1. The lowest BCUT2D eigenvalue weighted by atomic mass is 9.78. The van der Waals surface area contributed by atoms with Gasteiger partial charge >= 0.3 is 0 Å². The van der Waals surface area contributed by atoms with Crippen LogP contribution in [0.1, 0.15) is 103 Å². The highest BCUT2D eigenvalue weighted by atomic mass is 16.5. The zero-order chi connectivity index (χ0) is 25.2. The molecule has 2 heterocycles. The number of pyridine rings is 1. The highest BCUT2D eigenvalue weighted by Crippen LogP contribution is 2.44. The fraction of sp³-hybridized carbons (Fsp3) is 0.714. The number of aromatic hydroxyl groups is 1. The molecular weight excluding hydrogens is 430 g/mol. The fourth-order valence-corrected chi connectivity index (χ4v) is 5.72. The highest BCUT2D eigenvalue weighted by molar-refractivity contribution is 5.79. The molecule has 2 N–H and O–H groups in total. The van der Waals surface area contributed by atoms with E-state index in [0.29, 0.717) is 29.7 Å². The molecule has 0 bridgehead atoms. The monoisotopic (exact) mass is 473 g/mol. The summed E-state index contributed by atoms with van der Waals surface area (Å²) in [5, 5.41) is 22.5. The normalized spacial score (nSPS) is 27.4. The lowest BCUT2D eigenvalue weighted by Gasteiger charge is -2.37. The van der Waals surface area contributed by atoms with Crippen LogP contribution in [0, 0.1) is 17.8 Å². The number of aliphatic hydroxyl groups is 1. The average Bonchev–Trinajstić information content (AvgIpc) is 2.79. The van der Waals surface area contributed by atoms with Gasteiger partial charge in [-0.1, -0.05) is 40.2 Å². The number of allylic oxidation sites excluding steroid dienone is 1. The van der Waals surface area contributed by atoms with E-state index in [4.69, 9.17) is 4.74 Å². The predicted molar refractivity (Wildman–Crippen MR) is 134 cm³/mol. The largest absolute Gasteiger partial charge is 0.507 e.